The third-order valence-electron chi connectivity index (χ3n) is 1.27. The van der Waals surface area contributed by atoms with E-state index < -0.39 is 0 Å². The van der Waals surface area contributed by atoms with Gasteiger partial charge in [0.15, 0.2) is 0 Å². The maximum Gasteiger partial charge on any atom is 0.0751 e. The lowest BCUT2D eigenvalue weighted by molar-refractivity contribution is 0.769. The minimum atomic E-state index is -0.0203. The monoisotopic (exact) mass is 137 g/mol. The summed E-state index contributed by atoms with van der Waals surface area (Å²) >= 11 is 0. The lowest BCUT2D eigenvalue weighted by atomic mass is 10.3. The maximum atomic E-state index is 5.56. The van der Waals surface area contributed by atoms with E-state index in [1.165, 1.54) is 0 Å². The van der Waals surface area contributed by atoms with E-state index in [0.717, 1.165) is 11.4 Å². The van der Waals surface area contributed by atoms with Gasteiger partial charge < -0.3 is 5.73 Å². The first-order valence-electron chi connectivity index (χ1n) is 3.24. The van der Waals surface area contributed by atoms with Gasteiger partial charge in [-0.25, -0.2) is 0 Å². The predicted octanol–water partition coefficient (Wildman–Crippen LogP) is 0.805. The van der Waals surface area contributed by atoms with Gasteiger partial charge in [-0.2, -0.15) is 0 Å². The Balaban J connectivity index is 2.89. The fourth-order valence-electron chi connectivity index (χ4n) is 0.638. The second-order valence-electron chi connectivity index (χ2n) is 2.37. The van der Waals surface area contributed by atoms with Gasteiger partial charge in [0, 0.05) is 12.2 Å². The van der Waals surface area contributed by atoms with Crippen LogP contribution in [0.1, 0.15) is 24.4 Å². The summed E-state index contributed by atoms with van der Waals surface area (Å²) in [5, 5.41) is 0. The number of hydrogen-bond acceptors (Lipinski definition) is 3. The van der Waals surface area contributed by atoms with Crippen LogP contribution in [0.3, 0.4) is 0 Å². The van der Waals surface area contributed by atoms with Crippen molar-refractivity contribution in [2.45, 2.75) is 19.9 Å². The maximum absolute atomic E-state index is 5.56. The van der Waals surface area contributed by atoms with E-state index in [1.54, 1.807) is 12.4 Å². The van der Waals surface area contributed by atoms with Gasteiger partial charge in [0.2, 0.25) is 0 Å². The highest BCUT2D eigenvalue weighted by molar-refractivity contribution is 5.03. The van der Waals surface area contributed by atoms with Crippen LogP contribution in [0.15, 0.2) is 12.4 Å². The van der Waals surface area contributed by atoms with Crippen LogP contribution in [0.2, 0.25) is 0 Å². The van der Waals surface area contributed by atoms with Gasteiger partial charge in [-0.15, -0.1) is 0 Å². The van der Waals surface area contributed by atoms with Crippen molar-refractivity contribution < 1.29 is 0 Å². The van der Waals surface area contributed by atoms with Crippen molar-refractivity contribution in [2.24, 2.45) is 5.73 Å². The summed E-state index contributed by atoms with van der Waals surface area (Å²) in [5.41, 5.74) is 7.32. The number of nitrogens with zero attached hydrogens (tertiary/aromatic N) is 2. The number of hydrogen-bond donors (Lipinski definition) is 1. The molecule has 1 unspecified atom stereocenters. The van der Waals surface area contributed by atoms with E-state index >= 15 is 0 Å². The van der Waals surface area contributed by atoms with Gasteiger partial charge in [0.25, 0.3) is 0 Å². The normalized spacial score (nSPS) is 13.1. The third-order valence-corrected chi connectivity index (χ3v) is 1.27. The predicted molar refractivity (Wildman–Crippen MR) is 39.4 cm³/mol. The molecule has 0 aromatic carbocycles. The molecule has 1 aromatic heterocycles. The topological polar surface area (TPSA) is 51.8 Å². The van der Waals surface area contributed by atoms with E-state index in [-0.39, 0.29) is 6.04 Å². The highest BCUT2D eigenvalue weighted by atomic mass is 14.8. The molecule has 54 valence electrons. The Kier molecular flexibility index (Phi) is 1.97. The average Bonchev–Trinajstić information content (AvgIpc) is 1.88. The third kappa shape index (κ3) is 1.51. The van der Waals surface area contributed by atoms with Crippen LogP contribution in [0.5, 0.6) is 0 Å². The van der Waals surface area contributed by atoms with Crippen LogP contribution in [0, 0.1) is 6.92 Å². The molecule has 0 saturated carbocycles. The zero-order chi connectivity index (χ0) is 7.56. The molecule has 0 aliphatic carbocycles. The van der Waals surface area contributed by atoms with Crippen molar-refractivity contribution in [2.75, 3.05) is 0 Å². The Morgan fingerprint density at radius 1 is 1.40 bits per heavy atom. The van der Waals surface area contributed by atoms with Crippen molar-refractivity contribution in [1.29, 1.82) is 0 Å². The summed E-state index contributed by atoms with van der Waals surface area (Å²) < 4.78 is 0. The first kappa shape index (κ1) is 7.15. The van der Waals surface area contributed by atoms with Crippen molar-refractivity contribution in [3.63, 3.8) is 0 Å². The quantitative estimate of drug-likeness (QED) is 0.623. The van der Waals surface area contributed by atoms with Gasteiger partial charge in [-0.05, 0) is 13.8 Å². The van der Waals surface area contributed by atoms with Crippen LogP contribution in [0.25, 0.3) is 0 Å². The lowest BCUT2D eigenvalue weighted by Crippen LogP contribution is -2.07. The fourth-order valence-corrected chi connectivity index (χ4v) is 0.638. The van der Waals surface area contributed by atoms with E-state index in [9.17, 15) is 0 Å². The van der Waals surface area contributed by atoms with Crippen LogP contribution in [-0.2, 0) is 0 Å². The molecule has 1 aromatic rings. The molecule has 0 spiro atoms. The van der Waals surface area contributed by atoms with E-state index in [4.69, 9.17) is 5.73 Å². The summed E-state index contributed by atoms with van der Waals surface area (Å²) in [6.07, 6.45) is 3.43. The minimum absolute atomic E-state index is 0.0203. The Morgan fingerprint density at radius 2 is 2.10 bits per heavy atom. The van der Waals surface area contributed by atoms with Crippen molar-refractivity contribution in [3.05, 3.63) is 23.8 Å². The average molecular weight is 137 g/mol. The first-order valence-corrected chi connectivity index (χ1v) is 3.24. The van der Waals surface area contributed by atoms with Gasteiger partial charge in [-0.1, -0.05) is 0 Å². The summed E-state index contributed by atoms with van der Waals surface area (Å²) in [6, 6.07) is -0.0203. The van der Waals surface area contributed by atoms with Gasteiger partial charge >= 0.3 is 0 Å². The molecule has 2 N–H and O–H groups in total. The Labute approximate surface area is 60.3 Å². The largest absolute Gasteiger partial charge is 0.323 e. The molecule has 3 nitrogen and oxygen atoms in total. The van der Waals surface area contributed by atoms with Crippen LogP contribution < -0.4 is 5.73 Å². The van der Waals surface area contributed by atoms with Gasteiger partial charge in [-0.3, -0.25) is 9.97 Å². The van der Waals surface area contributed by atoms with Crippen molar-refractivity contribution in [3.8, 4) is 0 Å². The van der Waals surface area contributed by atoms with E-state index in [1.807, 2.05) is 13.8 Å². The first-order chi connectivity index (χ1) is 4.70. The second kappa shape index (κ2) is 2.75. The molecule has 1 rings (SSSR count). The van der Waals surface area contributed by atoms with E-state index in [2.05, 4.69) is 9.97 Å². The molecular formula is C7H11N3. The smallest absolute Gasteiger partial charge is 0.0751 e. The Morgan fingerprint density at radius 3 is 2.50 bits per heavy atom. The zero-order valence-electron chi connectivity index (χ0n) is 6.20. The standard InChI is InChI=1S/C7H11N3/c1-5-3-10-7(4-9-5)6(2)8/h3-4,6H,8H2,1-2H3. The SMILES string of the molecule is Cc1cnc(C(C)N)cn1. The molecule has 1 heterocycles. The van der Waals surface area contributed by atoms with Gasteiger partial charge in [0.05, 0.1) is 17.6 Å². The molecule has 0 saturated heterocycles. The Hall–Kier alpha value is -0.960. The van der Waals surface area contributed by atoms with Crippen LogP contribution in [0.4, 0.5) is 0 Å². The molecule has 0 radical (unpaired) electrons. The minimum Gasteiger partial charge on any atom is -0.323 e. The van der Waals surface area contributed by atoms with Gasteiger partial charge in [0.1, 0.15) is 0 Å². The molecule has 0 aliphatic heterocycles. The molecule has 10 heavy (non-hydrogen) atoms. The molecule has 3 heteroatoms. The highest BCUT2D eigenvalue weighted by Crippen LogP contribution is 2.02. The summed E-state index contributed by atoms with van der Waals surface area (Å²) in [7, 11) is 0. The lowest BCUT2D eigenvalue weighted by Gasteiger charge is -2.01. The zero-order valence-corrected chi connectivity index (χ0v) is 6.20. The number of nitrogens with two attached hydrogens (primary N) is 1. The fraction of sp³-hybridized carbons (Fsp3) is 0.429. The molecule has 0 amide bonds. The van der Waals surface area contributed by atoms with Crippen LogP contribution in [-0.4, -0.2) is 9.97 Å². The molecule has 0 bridgehead atoms. The molecule has 0 fully saturated rings. The highest BCUT2D eigenvalue weighted by Gasteiger charge is 1.98. The van der Waals surface area contributed by atoms with Crippen molar-refractivity contribution >= 4 is 0 Å². The van der Waals surface area contributed by atoms with Crippen molar-refractivity contribution in [1.82, 2.24) is 9.97 Å². The Bertz CT molecular complexity index is 203. The number of aryl methyl sites for hydroxylation is 1. The summed E-state index contributed by atoms with van der Waals surface area (Å²) in [5.74, 6) is 0. The number of rotatable bonds is 1. The summed E-state index contributed by atoms with van der Waals surface area (Å²) in [6.45, 7) is 3.79. The number of aromatic nitrogens is 2. The molecule has 1 atom stereocenters. The van der Waals surface area contributed by atoms with E-state index in [0.29, 0.717) is 0 Å². The summed E-state index contributed by atoms with van der Waals surface area (Å²) in [4.78, 5) is 8.15. The van der Waals surface area contributed by atoms with Crippen LogP contribution >= 0.6 is 0 Å². The second-order valence-corrected chi connectivity index (χ2v) is 2.37. The molecule has 0 aliphatic rings. The molecular weight excluding hydrogens is 126 g/mol.